The smallest absolute Gasteiger partial charge is 0.299 e. The standard InChI is InChI=1S/C15H27F3O/c1-8-12(4,5)10-14(11(3)19,15(16,17)18)13(6,7)9-2/h8-10H2,1-7H3. The van der Waals surface area contributed by atoms with Crippen molar-refractivity contribution in [3.05, 3.63) is 0 Å². The zero-order valence-corrected chi connectivity index (χ0v) is 13.2. The lowest BCUT2D eigenvalue weighted by Crippen LogP contribution is -2.56. The molecule has 0 aliphatic carbocycles. The van der Waals surface area contributed by atoms with E-state index >= 15 is 0 Å². The molecule has 0 saturated heterocycles. The van der Waals surface area contributed by atoms with Crippen molar-refractivity contribution >= 4 is 5.78 Å². The number of hydrogen-bond acceptors (Lipinski definition) is 1. The van der Waals surface area contributed by atoms with E-state index in [1.165, 1.54) is 0 Å². The zero-order valence-electron chi connectivity index (χ0n) is 13.2. The molecule has 19 heavy (non-hydrogen) atoms. The van der Waals surface area contributed by atoms with Crippen LogP contribution in [0.1, 0.15) is 67.7 Å². The fraction of sp³-hybridized carbons (Fsp3) is 0.933. The maximum atomic E-state index is 13.8. The van der Waals surface area contributed by atoms with E-state index in [0.29, 0.717) is 12.8 Å². The largest absolute Gasteiger partial charge is 0.401 e. The average Bonchev–Trinajstić information content (AvgIpc) is 2.23. The molecule has 4 heteroatoms. The molecule has 1 atom stereocenters. The van der Waals surface area contributed by atoms with Crippen molar-refractivity contribution in [1.82, 2.24) is 0 Å². The Morgan fingerprint density at radius 2 is 1.37 bits per heavy atom. The summed E-state index contributed by atoms with van der Waals surface area (Å²) in [5, 5.41) is 0. The summed E-state index contributed by atoms with van der Waals surface area (Å²) in [7, 11) is 0. The lowest BCUT2D eigenvalue weighted by Gasteiger charge is -2.49. The molecule has 0 fully saturated rings. The number of rotatable bonds is 6. The van der Waals surface area contributed by atoms with E-state index in [1.807, 2.05) is 6.92 Å². The summed E-state index contributed by atoms with van der Waals surface area (Å²) in [4.78, 5) is 12.0. The number of halogens is 3. The van der Waals surface area contributed by atoms with Crippen molar-refractivity contribution in [2.24, 2.45) is 16.2 Å². The van der Waals surface area contributed by atoms with E-state index < -0.39 is 28.2 Å². The molecule has 0 aromatic heterocycles. The van der Waals surface area contributed by atoms with E-state index in [-0.39, 0.29) is 6.42 Å². The molecule has 0 aliphatic heterocycles. The highest BCUT2D eigenvalue weighted by atomic mass is 19.4. The first-order chi connectivity index (χ1) is 8.27. The number of carbonyl (C=O) groups excluding carboxylic acids is 1. The van der Waals surface area contributed by atoms with Gasteiger partial charge in [0.2, 0.25) is 0 Å². The van der Waals surface area contributed by atoms with Crippen molar-refractivity contribution in [2.75, 3.05) is 0 Å². The molecule has 0 saturated carbocycles. The number of ketones is 1. The van der Waals surface area contributed by atoms with Gasteiger partial charge in [0.25, 0.3) is 0 Å². The van der Waals surface area contributed by atoms with Crippen molar-refractivity contribution in [3.63, 3.8) is 0 Å². The van der Waals surface area contributed by atoms with Gasteiger partial charge in [-0.1, -0.05) is 48.0 Å². The minimum atomic E-state index is -4.52. The van der Waals surface area contributed by atoms with Gasteiger partial charge in [0, 0.05) is 0 Å². The SMILES string of the molecule is CCC(C)(C)CC(C(C)=O)(C(F)(F)F)C(C)(C)CC. The Kier molecular flexibility index (Phi) is 5.30. The predicted molar refractivity (Wildman–Crippen MR) is 71.9 cm³/mol. The molecule has 0 aromatic carbocycles. The molecule has 0 spiro atoms. The number of Topliss-reactive ketones (excluding diaryl/α,β-unsaturated/α-hetero) is 1. The van der Waals surface area contributed by atoms with Crippen LogP contribution in [-0.4, -0.2) is 12.0 Å². The second kappa shape index (κ2) is 5.45. The fourth-order valence-corrected chi connectivity index (χ4v) is 2.67. The molecule has 0 aromatic rings. The summed E-state index contributed by atoms with van der Waals surface area (Å²) in [6, 6.07) is 0. The number of hydrogen-bond donors (Lipinski definition) is 0. The average molecular weight is 280 g/mol. The molecule has 0 heterocycles. The molecule has 1 unspecified atom stereocenters. The van der Waals surface area contributed by atoms with Crippen LogP contribution in [0.25, 0.3) is 0 Å². The third-order valence-corrected chi connectivity index (χ3v) is 4.82. The highest BCUT2D eigenvalue weighted by molar-refractivity contribution is 5.84. The molecule has 0 N–H and O–H groups in total. The van der Waals surface area contributed by atoms with Crippen LogP contribution >= 0.6 is 0 Å². The second-order valence-electron chi connectivity index (χ2n) is 6.89. The van der Waals surface area contributed by atoms with Crippen LogP contribution in [0.3, 0.4) is 0 Å². The Hall–Kier alpha value is -0.540. The highest BCUT2D eigenvalue weighted by Gasteiger charge is 2.66. The summed E-state index contributed by atoms with van der Waals surface area (Å²) < 4.78 is 41.3. The van der Waals surface area contributed by atoms with Crippen molar-refractivity contribution in [2.45, 2.75) is 73.9 Å². The van der Waals surface area contributed by atoms with Gasteiger partial charge in [-0.3, -0.25) is 4.79 Å². The third kappa shape index (κ3) is 3.32. The van der Waals surface area contributed by atoms with Crippen molar-refractivity contribution in [3.8, 4) is 0 Å². The van der Waals surface area contributed by atoms with Crippen LogP contribution in [0.4, 0.5) is 13.2 Å². The molecular weight excluding hydrogens is 253 g/mol. The third-order valence-electron chi connectivity index (χ3n) is 4.82. The number of alkyl halides is 3. The van der Waals surface area contributed by atoms with Crippen LogP contribution in [0, 0.1) is 16.2 Å². The van der Waals surface area contributed by atoms with Crippen molar-refractivity contribution < 1.29 is 18.0 Å². The van der Waals surface area contributed by atoms with Gasteiger partial charge in [-0.05, 0) is 30.6 Å². The van der Waals surface area contributed by atoms with E-state index in [0.717, 1.165) is 6.92 Å². The van der Waals surface area contributed by atoms with Crippen LogP contribution in [-0.2, 0) is 4.79 Å². The molecule has 1 nitrogen and oxygen atoms in total. The Labute approximate surface area is 115 Å². The van der Waals surface area contributed by atoms with Crippen LogP contribution in [0.15, 0.2) is 0 Å². The quantitative estimate of drug-likeness (QED) is 0.637. The molecular formula is C15H27F3O. The van der Waals surface area contributed by atoms with Crippen LogP contribution in [0.5, 0.6) is 0 Å². The Morgan fingerprint density at radius 3 is 1.58 bits per heavy atom. The summed E-state index contributed by atoms with van der Waals surface area (Å²) >= 11 is 0. The van der Waals surface area contributed by atoms with Crippen LogP contribution in [0.2, 0.25) is 0 Å². The van der Waals surface area contributed by atoms with Crippen LogP contribution < -0.4 is 0 Å². The zero-order chi connectivity index (χ0) is 15.7. The van der Waals surface area contributed by atoms with Gasteiger partial charge in [-0.25, -0.2) is 0 Å². The molecule has 114 valence electrons. The summed E-state index contributed by atoms with van der Waals surface area (Å²) in [6.45, 7) is 11.3. The minimum absolute atomic E-state index is 0.157. The lowest BCUT2D eigenvalue weighted by molar-refractivity contribution is -0.260. The van der Waals surface area contributed by atoms with E-state index in [9.17, 15) is 18.0 Å². The summed E-state index contributed by atoms with van der Waals surface area (Å²) in [5.41, 5.74) is -3.90. The molecule has 0 amide bonds. The van der Waals surface area contributed by atoms with Gasteiger partial charge in [-0.2, -0.15) is 13.2 Å². The highest BCUT2D eigenvalue weighted by Crippen LogP contribution is 2.58. The Morgan fingerprint density at radius 1 is 0.947 bits per heavy atom. The van der Waals surface area contributed by atoms with Gasteiger partial charge in [-0.15, -0.1) is 0 Å². The molecule has 0 radical (unpaired) electrons. The van der Waals surface area contributed by atoms with E-state index in [2.05, 4.69) is 0 Å². The monoisotopic (exact) mass is 280 g/mol. The molecule has 0 aliphatic rings. The maximum absolute atomic E-state index is 13.8. The van der Waals surface area contributed by atoms with Gasteiger partial charge in [0.05, 0.1) is 0 Å². The molecule has 0 rings (SSSR count). The Bertz CT molecular complexity index is 329. The minimum Gasteiger partial charge on any atom is -0.299 e. The van der Waals surface area contributed by atoms with Gasteiger partial charge in [0.1, 0.15) is 11.2 Å². The van der Waals surface area contributed by atoms with Gasteiger partial charge in [0.15, 0.2) is 0 Å². The van der Waals surface area contributed by atoms with Gasteiger partial charge < -0.3 is 0 Å². The normalized spacial score (nSPS) is 17.2. The topological polar surface area (TPSA) is 17.1 Å². The first kappa shape index (κ1) is 18.5. The second-order valence-corrected chi connectivity index (χ2v) is 6.89. The van der Waals surface area contributed by atoms with Crippen molar-refractivity contribution in [1.29, 1.82) is 0 Å². The summed E-state index contributed by atoms with van der Waals surface area (Å²) in [5.74, 6) is -0.770. The molecule has 0 bridgehead atoms. The van der Waals surface area contributed by atoms with E-state index in [4.69, 9.17) is 0 Å². The predicted octanol–water partition coefficient (Wildman–Crippen LogP) is 5.39. The Balaban J connectivity index is 6.05. The fourth-order valence-electron chi connectivity index (χ4n) is 2.67. The first-order valence-electron chi connectivity index (χ1n) is 6.85. The lowest BCUT2D eigenvalue weighted by atomic mass is 9.55. The van der Waals surface area contributed by atoms with E-state index in [1.54, 1.807) is 34.6 Å². The maximum Gasteiger partial charge on any atom is 0.401 e. The summed E-state index contributed by atoms with van der Waals surface area (Å²) in [6.07, 6.45) is -3.76. The first-order valence-corrected chi connectivity index (χ1v) is 6.85. The number of carbonyl (C=O) groups is 1. The van der Waals surface area contributed by atoms with Gasteiger partial charge >= 0.3 is 6.18 Å².